The summed E-state index contributed by atoms with van der Waals surface area (Å²) in [6.45, 7) is 2.44. The molecule has 0 amide bonds. The summed E-state index contributed by atoms with van der Waals surface area (Å²) >= 11 is 0. The van der Waals surface area contributed by atoms with Gasteiger partial charge in [-0.05, 0) is 56.3 Å². The minimum Gasteiger partial charge on any atom is -0.325 e. The van der Waals surface area contributed by atoms with Crippen LogP contribution in [0, 0.1) is 0 Å². The van der Waals surface area contributed by atoms with Crippen molar-refractivity contribution in [2.45, 2.75) is 37.1 Å². The van der Waals surface area contributed by atoms with Crippen molar-refractivity contribution >= 4 is 0 Å². The third-order valence-corrected chi connectivity index (χ3v) is 4.26. The minimum absolute atomic E-state index is 0.130. The van der Waals surface area contributed by atoms with E-state index in [2.05, 4.69) is 36.2 Å². The lowest BCUT2D eigenvalue weighted by Gasteiger charge is -2.14. The van der Waals surface area contributed by atoms with E-state index in [9.17, 15) is 0 Å². The van der Waals surface area contributed by atoms with Crippen LogP contribution in [-0.2, 0) is 6.42 Å². The van der Waals surface area contributed by atoms with Crippen LogP contribution in [0.2, 0.25) is 0 Å². The van der Waals surface area contributed by atoms with E-state index in [0.29, 0.717) is 0 Å². The molecule has 2 heteroatoms. The zero-order valence-electron chi connectivity index (χ0n) is 10.7. The lowest BCUT2D eigenvalue weighted by Crippen LogP contribution is -2.24. The number of hydrogen-bond acceptors (Lipinski definition) is 2. The molecule has 1 saturated carbocycles. The van der Waals surface area contributed by atoms with Crippen molar-refractivity contribution in [2.75, 3.05) is 20.1 Å². The first-order valence-corrected chi connectivity index (χ1v) is 6.71. The predicted octanol–water partition coefficient (Wildman–Crippen LogP) is 2.14. The molecule has 1 atom stereocenters. The van der Waals surface area contributed by atoms with Crippen LogP contribution < -0.4 is 5.73 Å². The molecule has 17 heavy (non-hydrogen) atoms. The average molecular weight is 230 g/mol. The van der Waals surface area contributed by atoms with Crippen molar-refractivity contribution in [1.82, 2.24) is 4.90 Å². The summed E-state index contributed by atoms with van der Waals surface area (Å²) in [5.41, 5.74) is 9.26. The fraction of sp³-hybridized carbons (Fsp3) is 0.600. The summed E-state index contributed by atoms with van der Waals surface area (Å²) < 4.78 is 0. The highest BCUT2D eigenvalue weighted by molar-refractivity contribution is 5.29. The standard InChI is InChI=1S/C15H22N2/c1-17-8-5-14(11-17)13-4-2-3-12(9-13)10-15(16)6-7-15/h2-4,9,14H,5-8,10-11,16H2,1H3. The van der Waals surface area contributed by atoms with E-state index in [0.717, 1.165) is 12.3 Å². The van der Waals surface area contributed by atoms with Crippen molar-refractivity contribution in [1.29, 1.82) is 0 Å². The number of rotatable bonds is 3. The number of hydrogen-bond donors (Lipinski definition) is 1. The van der Waals surface area contributed by atoms with Gasteiger partial charge in [-0.25, -0.2) is 0 Å². The molecule has 2 fully saturated rings. The Morgan fingerprint density at radius 3 is 2.88 bits per heavy atom. The average Bonchev–Trinajstić information content (AvgIpc) is 2.87. The molecule has 1 aromatic rings. The molecule has 1 saturated heterocycles. The van der Waals surface area contributed by atoms with Crippen LogP contribution in [0.4, 0.5) is 0 Å². The van der Waals surface area contributed by atoms with E-state index < -0.39 is 0 Å². The third-order valence-electron chi connectivity index (χ3n) is 4.26. The van der Waals surface area contributed by atoms with Gasteiger partial charge in [-0.1, -0.05) is 24.3 Å². The van der Waals surface area contributed by atoms with Crippen LogP contribution in [0.15, 0.2) is 24.3 Å². The van der Waals surface area contributed by atoms with Gasteiger partial charge < -0.3 is 10.6 Å². The third kappa shape index (κ3) is 2.53. The molecule has 1 aliphatic heterocycles. The molecule has 2 N–H and O–H groups in total. The first-order chi connectivity index (χ1) is 8.15. The highest BCUT2D eigenvalue weighted by Gasteiger charge is 2.38. The zero-order valence-corrected chi connectivity index (χ0v) is 10.7. The molecule has 0 aromatic heterocycles. The van der Waals surface area contributed by atoms with Gasteiger partial charge in [0.1, 0.15) is 0 Å². The number of likely N-dealkylation sites (tertiary alicyclic amines) is 1. The molecule has 92 valence electrons. The van der Waals surface area contributed by atoms with Crippen molar-refractivity contribution in [2.24, 2.45) is 5.73 Å². The van der Waals surface area contributed by atoms with Gasteiger partial charge in [-0.2, -0.15) is 0 Å². The normalized spacial score (nSPS) is 27.3. The zero-order chi connectivity index (χ0) is 11.9. The van der Waals surface area contributed by atoms with Gasteiger partial charge >= 0.3 is 0 Å². The summed E-state index contributed by atoms with van der Waals surface area (Å²) in [7, 11) is 2.21. The van der Waals surface area contributed by atoms with Crippen molar-refractivity contribution in [3.8, 4) is 0 Å². The fourth-order valence-electron chi connectivity index (χ4n) is 2.91. The van der Waals surface area contributed by atoms with Gasteiger partial charge in [0.2, 0.25) is 0 Å². The van der Waals surface area contributed by atoms with Crippen LogP contribution in [0.1, 0.15) is 36.3 Å². The Morgan fingerprint density at radius 2 is 2.24 bits per heavy atom. The van der Waals surface area contributed by atoms with Crippen molar-refractivity contribution < 1.29 is 0 Å². The summed E-state index contributed by atoms with van der Waals surface area (Å²) in [6.07, 6.45) is 4.75. The Hall–Kier alpha value is -0.860. The van der Waals surface area contributed by atoms with E-state index >= 15 is 0 Å². The molecular formula is C15H22N2. The maximum atomic E-state index is 6.20. The second kappa shape index (κ2) is 4.11. The summed E-state index contributed by atoms with van der Waals surface area (Å²) in [4.78, 5) is 2.42. The molecule has 1 aliphatic carbocycles. The Balaban J connectivity index is 1.74. The smallest absolute Gasteiger partial charge is 0.0196 e. The topological polar surface area (TPSA) is 29.3 Å². The van der Waals surface area contributed by atoms with Gasteiger partial charge in [0, 0.05) is 12.1 Å². The van der Waals surface area contributed by atoms with Crippen LogP contribution in [-0.4, -0.2) is 30.6 Å². The molecule has 0 spiro atoms. The van der Waals surface area contributed by atoms with Crippen molar-refractivity contribution in [3.05, 3.63) is 35.4 Å². The van der Waals surface area contributed by atoms with Crippen LogP contribution in [0.5, 0.6) is 0 Å². The number of likely N-dealkylation sites (N-methyl/N-ethyl adjacent to an activating group) is 1. The van der Waals surface area contributed by atoms with Gasteiger partial charge in [0.05, 0.1) is 0 Å². The van der Waals surface area contributed by atoms with E-state index in [4.69, 9.17) is 5.73 Å². The first-order valence-electron chi connectivity index (χ1n) is 6.71. The monoisotopic (exact) mass is 230 g/mol. The molecular weight excluding hydrogens is 208 g/mol. The molecule has 0 radical (unpaired) electrons. The van der Waals surface area contributed by atoms with E-state index in [1.54, 1.807) is 0 Å². The molecule has 1 aromatic carbocycles. The lowest BCUT2D eigenvalue weighted by molar-refractivity contribution is 0.411. The fourth-order valence-corrected chi connectivity index (χ4v) is 2.91. The van der Waals surface area contributed by atoms with Crippen LogP contribution in [0.25, 0.3) is 0 Å². The number of nitrogens with zero attached hydrogens (tertiary/aromatic N) is 1. The number of nitrogens with two attached hydrogens (primary N) is 1. The second-order valence-electron chi connectivity index (χ2n) is 6.03. The molecule has 1 unspecified atom stereocenters. The summed E-state index contributed by atoms with van der Waals surface area (Å²) in [5.74, 6) is 0.730. The van der Waals surface area contributed by atoms with Gasteiger partial charge in [-0.15, -0.1) is 0 Å². The van der Waals surface area contributed by atoms with Gasteiger partial charge in [0.15, 0.2) is 0 Å². The molecule has 1 heterocycles. The van der Waals surface area contributed by atoms with E-state index in [-0.39, 0.29) is 5.54 Å². The summed E-state index contributed by atoms with van der Waals surface area (Å²) in [6, 6.07) is 9.10. The molecule has 3 rings (SSSR count). The highest BCUT2D eigenvalue weighted by Crippen LogP contribution is 2.36. The van der Waals surface area contributed by atoms with E-state index in [1.807, 2.05) is 0 Å². The molecule has 0 bridgehead atoms. The van der Waals surface area contributed by atoms with Crippen LogP contribution >= 0.6 is 0 Å². The Bertz CT molecular complexity index is 409. The van der Waals surface area contributed by atoms with E-state index in [1.165, 1.54) is 43.5 Å². The SMILES string of the molecule is CN1CCC(c2cccc(CC3(N)CC3)c2)C1. The largest absolute Gasteiger partial charge is 0.325 e. The number of benzene rings is 1. The van der Waals surface area contributed by atoms with Crippen LogP contribution in [0.3, 0.4) is 0 Å². The lowest BCUT2D eigenvalue weighted by atomic mass is 9.94. The predicted molar refractivity (Wildman–Crippen MR) is 71.2 cm³/mol. The minimum atomic E-state index is 0.130. The quantitative estimate of drug-likeness (QED) is 0.862. The maximum Gasteiger partial charge on any atom is 0.0196 e. The van der Waals surface area contributed by atoms with Gasteiger partial charge in [0.25, 0.3) is 0 Å². The first kappa shape index (κ1) is 11.2. The Kier molecular flexibility index (Phi) is 2.72. The highest BCUT2D eigenvalue weighted by atomic mass is 15.1. The van der Waals surface area contributed by atoms with Gasteiger partial charge in [-0.3, -0.25) is 0 Å². The Morgan fingerprint density at radius 1 is 1.41 bits per heavy atom. The molecule has 2 aliphatic rings. The maximum absolute atomic E-state index is 6.20. The Labute approximate surface area is 104 Å². The van der Waals surface area contributed by atoms with Crippen molar-refractivity contribution in [3.63, 3.8) is 0 Å². The second-order valence-corrected chi connectivity index (χ2v) is 6.03. The summed E-state index contributed by atoms with van der Waals surface area (Å²) in [5, 5.41) is 0. The molecule has 2 nitrogen and oxygen atoms in total.